The highest BCUT2D eigenvalue weighted by Crippen LogP contribution is 2.23. The molecule has 1 aliphatic heterocycles. The van der Waals surface area contributed by atoms with E-state index in [1.165, 1.54) is 0 Å². The molecule has 1 atom stereocenters. The first kappa shape index (κ1) is 11.0. The van der Waals surface area contributed by atoms with Gasteiger partial charge in [0, 0.05) is 7.05 Å². The Kier molecular flexibility index (Phi) is 3.10. The van der Waals surface area contributed by atoms with Gasteiger partial charge < -0.3 is 10.0 Å². The SMILES string of the molecule is CN(c1ccccc1C(=O)O)C1CCCN1. The molecule has 0 spiro atoms. The number of carboxylic acids is 1. The fraction of sp³-hybridized carbons (Fsp3) is 0.417. The third kappa shape index (κ3) is 2.02. The highest BCUT2D eigenvalue weighted by Gasteiger charge is 2.22. The molecule has 86 valence electrons. The summed E-state index contributed by atoms with van der Waals surface area (Å²) in [7, 11) is 1.94. The number of carboxylic acid groups (broad SMARTS) is 1. The molecule has 2 rings (SSSR count). The summed E-state index contributed by atoms with van der Waals surface area (Å²) in [6.07, 6.45) is 2.45. The predicted molar refractivity (Wildman–Crippen MR) is 62.8 cm³/mol. The summed E-state index contributed by atoms with van der Waals surface area (Å²) in [5.41, 5.74) is 1.13. The summed E-state index contributed by atoms with van der Waals surface area (Å²) >= 11 is 0. The van der Waals surface area contributed by atoms with Crippen molar-refractivity contribution in [2.24, 2.45) is 0 Å². The van der Waals surface area contributed by atoms with Gasteiger partial charge in [0.2, 0.25) is 0 Å². The van der Waals surface area contributed by atoms with E-state index >= 15 is 0 Å². The van der Waals surface area contributed by atoms with E-state index in [1.54, 1.807) is 12.1 Å². The normalized spacial score (nSPS) is 19.7. The van der Waals surface area contributed by atoms with Crippen LogP contribution in [0.4, 0.5) is 5.69 Å². The quantitative estimate of drug-likeness (QED) is 0.811. The second-order valence-corrected chi connectivity index (χ2v) is 4.05. The number of nitrogens with zero attached hydrogens (tertiary/aromatic N) is 1. The zero-order chi connectivity index (χ0) is 11.5. The van der Waals surface area contributed by atoms with Gasteiger partial charge in [-0.25, -0.2) is 4.79 Å². The predicted octanol–water partition coefficient (Wildman–Crippen LogP) is 1.53. The number of carbonyl (C=O) groups is 1. The molecule has 2 N–H and O–H groups in total. The molecule has 1 saturated heterocycles. The second kappa shape index (κ2) is 4.53. The van der Waals surface area contributed by atoms with Crippen LogP contribution < -0.4 is 10.2 Å². The minimum Gasteiger partial charge on any atom is -0.478 e. The van der Waals surface area contributed by atoms with Gasteiger partial charge in [0.25, 0.3) is 0 Å². The van der Waals surface area contributed by atoms with E-state index < -0.39 is 5.97 Å². The van der Waals surface area contributed by atoms with Crippen LogP contribution in [0.25, 0.3) is 0 Å². The maximum atomic E-state index is 11.1. The van der Waals surface area contributed by atoms with Gasteiger partial charge in [-0.2, -0.15) is 0 Å². The van der Waals surface area contributed by atoms with Gasteiger partial charge in [0.1, 0.15) is 0 Å². The minimum absolute atomic E-state index is 0.250. The first-order valence-electron chi connectivity index (χ1n) is 5.48. The first-order valence-corrected chi connectivity index (χ1v) is 5.48. The van der Waals surface area contributed by atoms with Crippen LogP contribution in [-0.2, 0) is 0 Å². The van der Waals surface area contributed by atoms with Crippen LogP contribution in [-0.4, -0.2) is 30.8 Å². The average Bonchev–Trinajstić information content (AvgIpc) is 2.81. The largest absolute Gasteiger partial charge is 0.478 e. The van der Waals surface area contributed by atoms with Gasteiger partial charge in [-0.05, 0) is 31.5 Å². The Balaban J connectivity index is 2.27. The van der Waals surface area contributed by atoms with Crippen molar-refractivity contribution in [2.75, 3.05) is 18.5 Å². The minimum atomic E-state index is -0.875. The summed E-state index contributed by atoms with van der Waals surface area (Å²) < 4.78 is 0. The van der Waals surface area contributed by atoms with E-state index in [0.29, 0.717) is 5.56 Å². The van der Waals surface area contributed by atoms with Gasteiger partial charge in [-0.3, -0.25) is 5.32 Å². The van der Waals surface area contributed by atoms with Crippen LogP contribution in [0, 0.1) is 0 Å². The van der Waals surface area contributed by atoms with Crippen molar-refractivity contribution in [1.29, 1.82) is 0 Å². The number of benzene rings is 1. The number of nitrogens with one attached hydrogen (secondary N) is 1. The summed E-state index contributed by atoms with van der Waals surface area (Å²) in [5.74, 6) is -0.875. The Morgan fingerprint density at radius 3 is 2.88 bits per heavy atom. The van der Waals surface area contributed by atoms with Crippen molar-refractivity contribution < 1.29 is 9.90 Å². The molecule has 4 heteroatoms. The first-order chi connectivity index (χ1) is 7.70. The monoisotopic (exact) mass is 220 g/mol. The van der Waals surface area contributed by atoms with Gasteiger partial charge in [0.15, 0.2) is 0 Å². The fourth-order valence-corrected chi connectivity index (χ4v) is 2.13. The Hall–Kier alpha value is -1.55. The number of hydrogen-bond acceptors (Lipinski definition) is 3. The van der Waals surface area contributed by atoms with Gasteiger partial charge in [0.05, 0.1) is 17.4 Å². The lowest BCUT2D eigenvalue weighted by atomic mass is 10.1. The highest BCUT2D eigenvalue weighted by molar-refractivity contribution is 5.94. The van der Waals surface area contributed by atoms with E-state index in [9.17, 15) is 4.79 Å². The van der Waals surface area contributed by atoms with Gasteiger partial charge >= 0.3 is 5.97 Å². The third-order valence-corrected chi connectivity index (χ3v) is 3.02. The van der Waals surface area contributed by atoms with Gasteiger partial charge in [-0.1, -0.05) is 12.1 Å². The second-order valence-electron chi connectivity index (χ2n) is 4.05. The van der Waals surface area contributed by atoms with Crippen molar-refractivity contribution in [3.05, 3.63) is 29.8 Å². The molecule has 1 fully saturated rings. The zero-order valence-corrected chi connectivity index (χ0v) is 9.31. The maximum absolute atomic E-state index is 11.1. The number of anilines is 1. The topological polar surface area (TPSA) is 52.6 Å². The molecule has 4 nitrogen and oxygen atoms in total. The molecule has 0 amide bonds. The van der Waals surface area contributed by atoms with Crippen LogP contribution in [0.1, 0.15) is 23.2 Å². The molecule has 1 heterocycles. The lowest BCUT2D eigenvalue weighted by Crippen LogP contribution is -2.39. The van der Waals surface area contributed by atoms with E-state index in [1.807, 2.05) is 24.1 Å². The number of rotatable bonds is 3. The molecule has 0 aromatic heterocycles. The summed E-state index contributed by atoms with van der Waals surface area (Å²) in [6, 6.07) is 7.11. The highest BCUT2D eigenvalue weighted by atomic mass is 16.4. The van der Waals surface area contributed by atoms with Gasteiger partial charge in [-0.15, -0.1) is 0 Å². The molecular formula is C12H16N2O2. The Morgan fingerprint density at radius 1 is 1.50 bits per heavy atom. The van der Waals surface area contributed by atoms with Crippen LogP contribution >= 0.6 is 0 Å². The summed E-state index contributed by atoms with van der Waals surface area (Å²) in [6.45, 7) is 1.00. The van der Waals surface area contributed by atoms with E-state index in [2.05, 4.69) is 5.32 Å². The molecule has 0 aliphatic carbocycles. The van der Waals surface area contributed by atoms with E-state index in [4.69, 9.17) is 5.11 Å². The molecule has 1 aliphatic rings. The third-order valence-electron chi connectivity index (χ3n) is 3.02. The lowest BCUT2D eigenvalue weighted by molar-refractivity contribution is 0.0697. The van der Waals surface area contributed by atoms with E-state index in [0.717, 1.165) is 25.1 Å². The Bertz CT molecular complexity index is 386. The van der Waals surface area contributed by atoms with Crippen LogP contribution in [0.15, 0.2) is 24.3 Å². The molecule has 1 unspecified atom stereocenters. The Labute approximate surface area is 94.9 Å². The molecule has 0 saturated carbocycles. The molecule has 16 heavy (non-hydrogen) atoms. The van der Waals surface area contributed by atoms with E-state index in [-0.39, 0.29) is 6.17 Å². The lowest BCUT2D eigenvalue weighted by Gasteiger charge is -2.27. The molecular weight excluding hydrogens is 204 g/mol. The van der Waals surface area contributed by atoms with Crippen molar-refractivity contribution in [3.8, 4) is 0 Å². The van der Waals surface area contributed by atoms with Crippen LogP contribution in [0.2, 0.25) is 0 Å². The number of hydrogen-bond donors (Lipinski definition) is 2. The number of aromatic carboxylic acids is 1. The number of para-hydroxylation sites is 1. The average molecular weight is 220 g/mol. The Morgan fingerprint density at radius 2 is 2.25 bits per heavy atom. The molecule has 1 aromatic rings. The molecule has 0 radical (unpaired) electrons. The fourth-order valence-electron chi connectivity index (χ4n) is 2.13. The van der Waals surface area contributed by atoms with Crippen molar-refractivity contribution in [3.63, 3.8) is 0 Å². The van der Waals surface area contributed by atoms with Crippen molar-refractivity contribution in [1.82, 2.24) is 5.32 Å². The van der Waals surface area contributed by atoms with Crippen LogP contribution in [0.5, 0.6) is 0 Å². The summed E-state index contributed by atoms with van der Waals surface area (Å²) in [5, 5.41) is 12.5. The smallest absolute Gasteiger partial charge is 0.337 e. The molecule has 0 bridgehead atoms. The summed E-state index contributed by atoms with van der Waals surface area (Å²) in [4.78, 5) is 13.1. The van der Waals surface area contributed by atoms with Crippen molar-refractivity contribution in [2.45, 2.75) is 19.0 Å². The standard InChI is InChI=1S/C12H16N2O2/c1-14(11-7-4-8-13-11)10-6-3-2-5-9(10)12(15)16/h2-3,5-6,11,13H,4,7-8H2,1H3,(H,15,16). The van der Waals surface area contributed by atoms with Crippen molar-refractivity contribution >= 4 is 11.7 Å². The molecule has 1 aromatic carbocycles. The maximum Gasteiger partial charge on any atom is 0.337 e. The zero-order valence-electron chi connectivity index (χ0n) is 9.31. The van der Waals surface area contributed by atoms with Crippen LogP contribution in [0.3, 0.4) is 0 Å².